The van der Waals surface area contributed by atoms with Crippen molar-refractivity contribution in [1.82, 2.24) is 5.01 Å². The summed E-state index contributed by atoms with van der Waals surface area (Å²) in [5.41, 5.74) is -0.695. The summed E-state index contributed by atoms with van der Waals surface area (Å²) >= 11 is 5.95. The number of aryl methyl sites for hydroxylation is 1. The third kappa shape index (κ3) is 4.72. The number of benzene rings is 2. The number of nitrogens with one attached hydrogen (secondary N) is 1. The first-order valence-corrected chi connectivity index (χ1v) is 10.1. The second-order valence-corrected chi connectivity index (χ2v) is 7.96. The highest BCUT2D eigenvalue weighted by molar-refractivity contribution is 6.30. The summed E-state index contributed by atoms with van der Waals surface area (Å²) in [5, 5.41) is 8.47. The number of alkyl halides is 3. The predicted octanol–water partition coefficient (Wildman–Crippen LogP) is 5.49. The molecule has 170 valence electrons. The Morgan fingerprint density at radius 2 is 1.88 bits per heavy atom. The number of hydrogen-bond acceptors (Lipinski definition) is 4. The van der Waals surface area contributed by atoms with Crippen LogP contribution in [0.1, 0.15) is 30.5 Å². The predicted molar refractivity (Wildman–Crippen MR) is 115 cm³/mol. The zero-order chi connectivity index (χ0) is 23.7. The normalized spacial score (nSPS) is 18.3. The smallest absolute Gasteiger partial charge is 0.416 e. The van der Waals surface area contributed by atoms with E-state index in [-0.39, 0.29) is 24.4 Å². The van der Waals surface area contributed by atoms with Gasteiger partial charge in [-0.2, -0.15) is 18.3 Å². The molecule has 1 N–H and O–H groups in total. The molecule has 0 aliphatic carbocycles. The van der Waals surface area contributed by atoms with Crippen LogP contribution in [-0.4, -0.2) is 35.9 Å². The monoisotopic (exact) mass is 467 g/mol. The minimum atomic E-state index is -4.48. The largest absolute Gasteiger partial charge is 0.465 e. The molecule has 0 saturated heterocycles. The van der Waals surface area contributed by atoms with E-state index in [1.807, 2.05) is 0 Å². The van der Waals surface area contributed by atoms with Crippen LogP contribution in [-0.2, 0) is 15.7 Å². The number of rotatable bonds is 4. The summed E-state index contributed by atoms with van der Waals surface area (Å²) in [6.45, 7) is 4.80. The first-order chi connectivity index (χ1) is 15.0. The molecule has 2 amide bonds. The minimum absolute atomic E-state index is 0.102. The highest BCUT2D eigenvalue weighted by atomic mass is 35.5. The lowest BCUT2D eigenvalue weighted by Crippen LogP contribution is -2.42. The molecule has 1 unspecified atom stereocenters. The van der Waals surface area contributed by atoms with E-state index in [1.54, 1.807) is 38.1 Å². The van der Waals surface area contributed by atoms with Crippen molar-refractivity contribution >= 4 is 35.0 Å². The average molecular weight is 468 g/mol. The van der Waals surface area contributed by atoms with Gasteiger partial charge < -0.3 is 10.1 Å². The lowest BCUT2D eigenvalue weighted by Gasteiger charge is -2.24. The Morgan fingerprint density at radius 1 is 1.22 bits per heavy atom. The number of carbonyl (C=O) groups is 2. The fraction of sp³-hybridized carbons (Fsp3) is 0.318. The van der Waals surface area contributed by atoms with E-state index in [4.69, 9.17) is 16.3 Å². The lowest BCUT2D eigenvalue weighted by atomic mass is 9.82. The summed E-state index contributed by atoms with van der Waals surface area (Å²) in [5.74, 6) is -0.547. The standard InChI is InChI=1S/C22H21ClF3N3O3/c1-4-32-19(30)21(3)12-29(28-18(21)14-5-8-16(23)9-6-14)20(31)27-17-10-7-15(11-13(17)2)22(24,25)26/h5-11H,4,12H2,1-3H3,(H,27,31). The molecule has 0 radical (unpaired) electrons. The molecular formula is C22H21ClF3N3O3. The van der Waals surface area contributed by atoms with Crippen LogP contribution in [0.4, 0.5) is 23.7 Å². The molecule has 6 nitrogen and oxygen atoms in total. The second kappa shape index (κ2) is 8.82. The van der Waals surface area contributed by atoms with E-state index in [1.165, 1.54) is 13.0 Å². The molecule has 32 heavy (non-hydrogen) atoms. The van der Waals surface area contributed by atoms with Crippen LogP contribution in [0.15, 0.2) is 47.6 Å². The van der Waals surface area contributed by atoms with Crippen LogP contribution >= 0.6 is 11.6 Å². The van der Waals surface area contributed by atoms with Crippen molar-refractivity contribution in [2.45, 2.75) is 26.9 Å². The molecule has 0 fully saturated rings. The number of anilines is 1. The molecule has 1 aliphatic heterocycles. The summed E-state index contributed by atoms with van der Waals surface area (Å²) in [6.07, 6.45) is -4.48. The molecule has 2 aromatic rings. The van der Waals surface area contributed by atoms with Crippen molar-refractivity contribution < 1.29 is 27.5 Å². The number of hydrazone groups is 1. The molecule has 1 heterocycles. The van der Waals surface area contributed by atoms with E-state index >= 15 is 0 Å². The SMILES string of the molecule is CCOC(=O)C1(C)CN(C(=O)Nc2ccc(C(F)(F)F)cc2C)N=C1c1ccc(Cl)cc1. The number of halogens is 4. The Labute approximate surface area is 188 Å². The van der Waals surface area contributed by atoms with Crippen LogP contribution < -0.4 is 5.32 Å². The fourth-order valence-electron chi connectivity index (χ4n) is 3.35. The minimum Gasteiger partial charge on any atom is -0.465 e. The van der Waals surface area contributed by atoms with Gasteiger partial charge in [0, 0.05) is 10.7 Å². The summed E-state index contributed by atoms with van der Waals surface area (Å²) < 4.78 is 43.9. The van der Waals surface area contributed by atoms with Crippen LogP contribution in [0.2, 0.25) is 5.02 Å². The first-order valence-electron chi connectivity index (χ1n) is 9.74. The molecule has 10 heteroatoms. The maximum atomic E-state index is 12.9. The van der Waals surface area contributed by atoms with Gasteiger partial charge in [-0.1, -0.05) is 23.7 Å². The highest BCUT2D eigenvalue weighted by Gasteiger charge is 2.48. The Balaban J connectivity index is 1.90. The van der Waals surface area contributed by atoms with Gasteiger partial charge in [0.2, 0.25) is 0 Å². The number of ether oxygens (including phenoxy) is 1. The van der Waals surface area contributed by atoms with E-state index in [0.29, 0.717) is 16.3 Å². The van der Waals surface area contributed by atoms with Gasteiger partial charge in [0.15, 0.2) is 0 Å². The molecular weight excluding hydrogens is 447 g/mol. The number of hydrogen-bond donors (Lipinski definition) is 1. The fourth-order valence-corrected chi connectivity index (χ4v) is 3.48. The molecule has 0 aromatic heterocycles. The number of esters is 1. The van der Waals surface area contributed by atoms with Crippen molar-refractivity contribution in [3.05, 3.63) is 64.2 Å². The summed E-state index contributed by atoms with van der Waals surface area (Å²) in [4.78, 5) is 25.6. The van der Waals surface area contributed by atoms with Crippen molar-refractivity contribution in [3.8, 4) is 0 Å². The molecule has 3 rings (SSSR count). The zero-order valence-corrected chi connectivity index (χ0v) is 18.3. The maximum Gasteiger partial charge on any atom is 0.416 e. The van der Waals surface area contributed by atoms with E-state index in [9.17, 15) is 22.8 Å². The van der Waals surface area contributed by atoms with Crippen molar-refractivity contribution in [3.63, 3.8) is 0 Å². The Bertz CT molecular complexity index is 1070. The average Bonchev–Trinajstić information content (AvgIpc) is 3.08. The topological polar surface area (TPSA) is 71.0 Å². The van der Waals surface area contributed by atoms with Crippen LogP contribution in [0.3, 0.4) is 0 Å². The van der Waals surface area contributed by atoms with Crippen LogP contribution in [0, 0.1) is 12.3 Å². The molecule has 0 bridgehead atoms. The number of amides is 2. The number of carbonyl (C=O) groups excluding carboxylic acids is 2. The molecule has 0 saturated carbocycles. The van der Waals surface area contributed by atoms with E-state index in [2.05, 4.69) is 10.4 Å². The quantitative estimate of drug-likeness (QED) is 0.604. The van der Waals surface area contributed by atoms with Crippen molar-refractivity contribution in [1.29, 1.82) is 0 Å². The van der Waals surface area contributed by atoms with Gasteiger partial charge in [-0.05, 0) is 62.2 Å². The third-order valence-corrected chi connectivity index (χ3v) is 5.33. The molecule has 1 atom stereocenters. The first kappa shape index (κ1) is 23.6. The Kier molecular flexibility index (Phi) is 6.50. The van der Waals surface area contributed by atoms with Gasteiger partial charge >= 0.3 is 18.2 Å². The van der Waals surface area contributed by atoms with Gasteiger partial charge in [-0.15, -0.1) is 0 Å². The van der Waals surface area contributed by atoms with Crippen molar-refractivity contribution in [2.75, 3.05) is 18.5 Å². The van der Waals surface area contributed by atoms with Crippen LogP contribution in [0.25, 0.3) is 0 Å². The highest BCUT2D eigenvalue weighted by Crippen LogP contribution is 2.34. The zero-order valence-electron chi connectivity index (χ0n) is 17.6. The van der Waals surface area contributed by atoms with Gasteiger partial charge in [0.05, 0.1) is 24.4 Å². The lowest BCUT2D eigenvalue weighted by molar-refractivity contribution is -0.150. The Morgan fingerprint density at radius 3 is 2.44 bits per heavy atom. The van der Waals surface area contributed by atoms with Gasteiger partial charge in [-0.25, -0.2) is 9.80 Å². The number of urea groups is 1. The summed E-state index contributed by atoms with van der Waals surface area (Å²) in [7, 11) is 0. The summed E-state index contributed by atoms with van der Waals surface area (Å²) in [6, 6.07) is 8.97. The molecule has 2 aromatic carbocycles. The number of nitrogens with zero attached hydrogens (tertiary/aromatic N) is 2. The maximum absolute atomic E-state index is 12.9. The third-order valence-electron chi connectivity index (χ3n) is 5.08. The molecule has 1 aliphatic rings. The molecule has 0 spiro atoms. The van der Waals surface area contributed by atoms with Crippen molar-refractivity contribution in [2.24, 2.45) is 10.5 Å². The van der Waals surface area contributed by atoms with Gasteiger partial charge in [0.25, 0.3) is 0 Å². The van der Waals surface area contributed by atoms with E-state index < -0.39 is 29.2 Å². The Hall–Kier alpha value is -3.07. The van der Waals surface area contributed by atoms with Gasteiger partial charge in [-0.3, -0.25) is 4.79 Å². The van der Waals surface area contributed by atoms with Gasteiger partial charge in [0.1, 0.15) is 5.41 Å². The van der Waals surface area contributed by atoms with Crippen LogP contribution in [0.5, 0.6) is 0 Å². The van der Waals surface area contributed by atoms with E-state index in [0.717, 1.165) is 17.1 Å². The second-order valence-electron chi connectivity index (χ2n) is 7.52.